The standard InChI is InChI=1S/C23H31F3N4O2/c1-14-13-29-15(16-12-27-18(30(14)16)20(4,32)23(24,25)26)11-17(28-29)21-5-8-22(9-6-21,10-7-21)19(2,3)31/h11-12,14,31-32H,5-10,13H2,1-4H3/t14-,20+,21?,22?/m0/s1. The average molecular weight is 453 g/mol. The van der Waals surface area contributed by atoms with Crippen LogP contribution in [0.15, 0.2) is 12.3 Å². The highest BCUT2D eigenvalue weighted by atomic mass is 19.4. The van der Waals surface area contributed by atoms with Gasteiger partial charge in [0.15, 0.2) is 5.82 Å². The minimum absolute atomic E-state index is 0.0423. The summed E-state index contributed by atoms with van der Waals surface area (Å²) >= 11 is 0. The van der Waals surface area contributed by atoms with Crippen molar-refractivity contribution in [3.05, 3.63) is 23.8 Å². The van der Waals surface area contributed by atoms with Crippen molar-refractivity contribution in [2.75, 3.05) is 0 Å². The Morgan fingerprint density at radius 1 is 1.00 bits per heavy atom. The summed E-state index contributed by atoms with van der Waals surface area (Å²) < 4.78 is 43.9. The molecule has 0 radical (unpaired) electrons. The average Bonchev–Trinajstić information content (AvgIpc) is 3.33. The number of imidazole rings is 1. The third-order valence-electron chi connectivity index (χ3n) is 8.79. The molecule has 0 spiro atoms. The van der Waals surface area contributed by atoms with Crippen LogP contribution >= 0.6 is 0 Å². The van der Waals surface area contributed by atoms with Crippen molar-refractivity contribution < 1.29 is 23.4 Å². The van der Waals surface area contributed by atoms with Gasteiger partial charge in [0.05, 0.1) is 41.5 Å². The summed E-state index contributed by atoms with van der Waals surface area (Å²) in [5.41, 5.74) is -1.55. The van der Waals surface area contributed by atoms with Crippen molar-refractivity contribution in [1.82, 2.24) is 19.3 Å². The summed E-state index contributed by atoms with van der Waals surface area (Å²) in [5.74, 6) is -0.384. The van der Waals surface area contributed by atoms with Gasteiger partial charge in [-0.2, -0.15) is 18.3 Å². The van der Waals surface area contributed by atoms with E-state index >= 15 is 0 Å². The fraction of sp³-hybridized carbons (Fsp3) is 0.739. The van der Waals surface area contributed by atoms with Gasteiger partial charge in [0, 0.05) is 5.41 Å². The van der Waals surface area contributed by atoms with Gasteiger partial charge in [-0.3, -0.25) is 4.68 Å². The van der Waals surface area contributed by atoms with Crippen LogP contribution in [-0.4, -0.2) is 41.3 Å². The minimum atomic E-state index is -4.83. The largest absolute Gasteiger partial charge is 0.424 e. The molecule has 0 amide bonds. The molecule has 0 aromatic carbocycles. The predicted molar refractivity (Wildman–Crippen MR) is 112 cm³/mol. The van der Waals surface area contributed by atoms with Gasteiger partial charge >= 0.3 is 6.18 Å². The Morgan fingerprint density at radius 2 is 1.59 bits per heavy atom. The monoisotopic (exact) mass is 452 g/mol. The molecule has 3 heterocycles. The molecular weight excluding hydrogens is 421 g/mol. The molecule has 176 valence electrons. The number of hydrogen-bond acceptors (Lipinski definition) is 4. The molecule has 32 heavy (non-hydrogen) atoms. The Bertz CT molecular complexity index is 1040. The lowest BCUT2D eigenvalue weighted by Gasteiger charge is -2.57. The van der Waals surface area contributed by atoms with E-state index < -0.39 is 17.4 Å². The first-order valence-corrected chi connectivity index (χ1v) is 11.4. The van der Waals surface area contributed by atoms with Crippen molar-refractivity contribution in [2.24, 2.45) is 5.41 Å². The zero-order chi connectivity index (χ0) is 23.3. The zero-order valence-corrected chi connectivity index (χ0v) is 19.0. The van der Waals surface area contributed by atoms with Gasteiger partial charge in [-0.1, -0.05) is 0 Å². The van der Waals surface area contributed by atoms with Crippen molar-refractivity contribution in [3.8, 4) is 11.4 Å². The molecule has 3 aliphatic carbocycles. The Balaban J connectivity index is 1.52. The van der Waals surface area contributed by atoms with Crippen molar-refractivity contribution in [1.29, 1.82) is 0 Å². The molecule has 2 atom stereocenters. The molecule has 9 heteroatoms. The number of aromatic nitrogens is 4. The van der Waals surface area contributed by atoms with Gasteiger partial charge < -0.3 is 14.8 Å². The summed E-state index contributed by atoms with van der Waals surface area (Å²) in [5, 5.41) is 25.9. The van der Waals surface area contributed by atoms with E-state index in [1.165, 1.54) is 10.8 Å². The SMILES string of the molecule is C[C@H]1Cn2nc(C34CCC(C(C)(C)O)(CC3)CC4)cc2-c2cnc([C@@](C)(O)C(F)(F)F)n21. The van der Waals surface area contributed by atoms with E-state index in [2.05, 4.69) is 4.98 Å². The Morgan fingerprint density at radius 3 is 2.12 bits per heavy atom. The van der Waals surface area contributed by atoms with Crippen LogP contribution in [0.4, 0.5) is 13.2 Å². The molecule has 2 aromatic heterocycles. The first-order chi connectivity index (χ1) is 14.7. The Labute approximate surface area is 185 Å². The van der Waals surface area contributed by atoms with E-state index in [9.17, 15) is 23.4 Å². The number of hydrogen-bond donors (Lipinski definition) is 2. The number of halogens is 3. The Kier molecular flexibility index (Phi) is 4.37. The molecule has 3 fully saturated rings. The van der Waals surface area contributed by atoms with Crippen LogP contribution in [0, 0.1) is 5.41 Å². The summed E-state index contributed by atoms with van der Waals surface area (Å²) in [7, 11) is 0. The third kappa shape index (κ3) is 2.79. The van der Waals surface area contributed by atoms with Crippen molar-refractivity contribution >= 4 is 0 Å². The maximum atomic E-state index is 13.5. The normalized spacial score (nSPS) is 31.8. The molecule has 0 unspecified atom stereocenters. The van der Waals surface area contributed by atoms with Crippen molar-refractivity contribution in [2.45, 2.75) is 102 Å². The second-order valence-corrected chi connectivity index (χ2v) is 11.0. The van der Waals surface area contributed by atoms with Crippen LogP contribution in [0.5, 0.6) is 0 Å². The minimum Gasteiger partial charge on any atom is -0.390 e. The second-order valence-electron chi connectivity index (χ2n) is 11.0. The van der Waals surface area contributed by atoms with Crippen LogP contribution in [0.1, 0.15) is 83.8 Å². The van der Waals surface area contributed by atoms with Gasteiger partial charge in [-0.05, 0) is 77.7 Å². The van der Waals surface area contributed by atoms with Gasteiger partial charge in [-0.25, -0.2) is 4.98 Å². The smallest absolute Gasteiger partial charge is 0.390 e. The van der Waals surface area contributed by atoms with E-state index in [4.69, 9.17) is 5.10 Å². The number of aliphatic hydroxyl groups is 2. The number of alkyl halides is 3. The number of nitrogens with zero attached hydrogens (tertiary/aromatic N) is 4. The maximum absolute atomic E-state index is 13.5. The van der Waals surface area contributed by atoms with E-state index in [0.717, 1.165) is 56.8 Å². The quantitative estimate of drug-likeness (QED) is 0.721. The highest BCUT2D eigenvalue weighted by Gasteiger charge is 2.57. The number of fused-ring (bicyclic) bond motifs is 6. The molecule has 1 aliphatic heterocycles. The van der Waals surface area contributed by atoms with E-state index in [0.29, 0.717) is 12.2 Å². The first-order valence-electron chi connectivity index (χ1n) is 11.4. The predicted octanol–water partition coefficient (Wildman–Crippen LogP) is 4.45. The van der Waals surface area contributed by atoms with Gasteiger partial charge in [0.2, 0.25) is 5.60 Å². The van der Waals surface area contributed by atoms with Crippen LogP contribution in [0.3, 0.4) is 0 Å². The number of rotatable bonds is 3. The fourth-order valence-corrected chi connectivity index (χ4v) is 6.32. The molecule has 3 saturated carbocycles. The second kappa shape index (κ2) is 6.38. The van der Waals surface area contributed by atoms with Crippen LogP contribution in [0.2, 0.25) is 0 Å². The zero-order valence-electron chi connectivity index (χ0n) is 19.0. The van der Waals surface area contributed by atoms with E-state index in [-0.39, 0.29) is 22.7 Å². The van der Waals surface area contributed by atoms with Gasteiger partial charge in [-0.15, -0.1) is 0 Å². The Hall–Kier alpha value is -1.87. The van der Waals surface area contributed by atoms with Crippen LogP contribution in [0.25, 0.3) is 11.4 Å². The molecule has 6 nitrogen and oxygen atoms in total. The lowest BCUT2D eigenvalue weighted by Crippen LogP contribution is -2.54. The fourth-order valence-electron chi connectivity index (χ4n) is 6.32. The third-order valence-corrected chi connectivity index (χ3v) is 8.79. The van der Waals surface area contributed by atoms with E-state index in [1.807, 2.05) is 31.5 Å². The highest BCUT2D eigenvalue weighted by Crippen LogP contribution is 2.61. The highest BCUT2D eigenvalue weighted by molar-refractivity contribution is 5.58. The molecule has 4 aliphatic rings. The molecule has 2 aromatic rings. The molecule has 2 bridgehead atoms. The molecule has 0 saturated heterocycles. The maximum Gasteiger partial charge on any atom is 0.424 e. The molecule has 2 N–H and O–H groups in total. The van der Waals surface area contributed by atoms with Gasteiger partial charge in [0.1, 0.15) is 0 Å². The topological polar surface area (TPSA) is 76.1 Å². The van der Waals surface area contributed by atoms with Crippen molar-refractivity contribution in [3.63, 3.8) is 0 Å². The van der Waals surface area contributed by atoms with Gasteiger partial charge in [0.25, 0.3) is 0 Å². The lowest BCUT2D eigenvalue weighted by atomic mass is 9.49. The molecule has 6 rings (SSSR count). The van der Waals surface area contributed by atoms with E-state index in [1.54, 1.807) is 0 Å². The molecular formula is C23H31F3N4O2. The summed E-state index contributed by atoms with van der Waals surface area (Å²) in [6, 6.07) is 1.68. The summed E-state index contributed by atoms with van der Waals surface area (Å²) in [6.07, 6.45) is 2.31. The first kappa shape index (κ1) is 21.9. The lowest BCUT2D eigenvalue weighted by molar-refractivity contribution is -0.262. The summed E-state index contributed by atoms with van der Waals surface area (Å²) in [4.78, 5) is 4.01. The van der Waals surface area contributed by atoms with Crippen LogP contribution < -0.4 is 0 Å². The summed E-state index contributed by atoms with van der Waals surface area (Å²) in [6.45, 7) is 6.82. The van der Waals surface area contributed by atoms with Crippen LogP contribution in [-0.2, 0) is 17.6 Å².